The van der Waals surface area contributed by atoms with Crippen LogP contribution in [-0.2, 0) is 6.54 Å². The third-order valence-electron chi connectivity index (χ3n) is 3.15. The fourth-order valence-corrected chi connectivity index (χ4v) is 2.11. The number of carbonyl (C=O) groups is 2. The second-order valence-electron chi connectivity index (χ2n) is 4.65. The van der Waals surface area contributed by atoms with E-state index in [1.807, 2.05) is 6.92 Å². The van der Waals surface area contributed by atoms with Crippen molar-refractivity contribution in [1.29, 1.82) is 0 Å². The smallest absolute Gasteiger partial charge is 0.261 e. The van der Waals surface area contributed by atoms with Crippen LogP contribution in [0.2, 0.25) is 0 Å². The monoisotopic (exact) mass is 268 g/mol. The minimum atomic E-state index is -0.348. The molecule has 3 rings (SSSR count). The lowest BCUT2D eigenvalue weighted by Crippen LogP contribution is -2.29. The quantitative estimate of drug-likeness (QED) is 0.652. The van der Waals surface area contributed by atoms with Crippen molar-refractivity contribution in [2.24, 2.45) is 0 Å². The Morgan fingerprint density at radius 3 is 2.55 bits per heavy atom. The van der Waals surface area contributed by atoms with Crippen molar-refractivity contribution < 1.29 is 9.59 Å². The molecule has 100 valence electrons. The first kappa shape index (κ1) is 12.3. The van der Waals surface area contributed by atoms with Gasteiger partial charge in [-0.15, -0.1) is 0 Å². The number of hydrogen-bond donors (Lipinski definition) is 1. The molecule has 0 aliphatic carbocycles. The number of nitrogens with two attached hydrogens (primary N) is 1. The average molecular weight is 268 g/mol. The predicted octanol–water partition coefficient (Wildman–Crippen LogP) is 1.16. The molecule has 1 aromatic heterocycles. The van der Waals surface area contributed by atoms with E-state index < -0.39 is 0 Å². The third kappa shape index (κ3) is 1.91. The Bertz CT molecular complexity index is 710. The van der Waals surface area contributed by atoms with Crippen LogP contribution in [0.4, 0.5) is 5.69 Å². The molecule has 0 atom stereocenters. The molecule has 2 N–H and O–H groups in total. The van der Waals surface area contributed by atoms with Gasteiger partial charge in [0, 0.05) is 11.9 Å². The molecule has 2 heterocycles. The van der Waals surface area contributed by atoms with E-state index in [0.717, 1.165) is 10.6 Å². The second-order valence-corrected chi connectivity index (χ2v) is 4.65. The second kappa shape index (κ2) is 4.41. The first-order chi connectivity index (χ1) is 9.56. The summed E-state index contributed by atoms with van der Waals surface area (Å²) < 4.78 is 0. The summed E-state index contributed by atoms with van der Waals surface area (Å²) >= 11 is 0. The summed E-state index contributed by atoms with van der Waals surface area (Å²) in [6.07, 6.45) is 3.17. The van der Waals surface area contributed by atoms with Gasteiger partial charge in [-0.3, -0.25) is 24.5 Å². The van der Waals surface area contributed by atoms with Crippen molar-refractivity contribution in [3.8, 4) is 0 Å². The number of nitrogens with zero attached hydrogens (tertiary/aromatic N) is 3. The summed E-state index contributed by atoms with van der Waals surface area (Å²) in [5.74, 6) is -0.674. The third-order valence-corrected chi connectivity index (χ3v) is 3.15. The first-order valence-electron chi connectivity index (χ1n) is 6.09. The van der Waals surface area contributed by atoms with Crippen LogP contribution in [0, 0.1) is 6.92 Å². The molecule has 0 fully saturated rings. The van der Waals surface area contributed by atoms with Crippen molar-refractivity contribution in [2.45, 2.75) is 13.5 Å². The van der Waals surface area contributed by atoms with Crippen molar-refractivity contribution in [3.05, 3.63) is 53.1 Å². The largest absolute Gasteiger partial charge is 0.399 e. The molecule has 2 aromatic rings. The molecule has 0 spiro atoms. The molecule has 0 radical (unpaired) electrons. The minimum Gasteiger partial charge on any atom is -0.399 e. The number of aromatic nitrogens is 2. The average Bonchev–Trinajstić information content (AvgIpc) is 2.66. The number of rotatable bonds is 2. The van der Waals surface area contributed by atoms with Gasteiger partial charge in [-0.1, -0.05) is 0 Å². The zero-order valence-electron chi connectivity index (χ0n) is 10.8. The highest BCUT2D eigenvalue weighted by molar-refractivity contribution is 6.21. The molecule has 6 nitrogen and oxygen atoms in total. The van der Waals surface area contributed by atoms with Crippen LogP contribution in [0.5, 0.6) is 0 Å². The predicted molar refractivity (Wildman–Crippen MR) is 71.8 cm³/mol. The highest BCUT2D eigenvalue weighted by Crippen LogP contribution is 2.25. The van der Waals surface area contributed by atoms with E-state index in [2.05, 4.69) is 9.97 Å². The normalized spacial score (nSPS) is 13.8. The fourth-order valence-electron chi connectivity index (χ4n) is 2.11. The van der Waals surface area contributed by atoms with Gasteiger partial charge >= 0.3 is 0 Å². The topological polar surface area (TPSA) is 89.2 Å². The zero-order chi connectivity index (χ0) is 14.3. The summed E-state index contributed by atoms with van der Waals surface area (Å²) in [7, 11) is 0. The number of carbonyl (C=O) groups excluding carboxylic acids is 2. The van der Waals surface area contributed by atoms with Crippen LogP contribution in [0.3, 0.4) is 0 Å². The SMILES string of the molecule is Cc1cnc(CN2C(=O)c3ccc(N)cc3C2=O)cn1. The van der Waals surface area contributed by atoms with Gasteiger partial charge in [0.2, 0.25) is 0 Å². The zero-order valence-corrected chi connectivity index (χ0v) is 10.8. The Morgan fingerprint density at radius 1 is 1.10 bits per heavy atom. The molecular formula is C14H12N4O2. The van der Waals surface area contributed by atoms with E-state index in [1.54, 1.807) is 24.5 Å². The van der Waals surface area contributed by atoms with Gasteiger partial charge in [0.15, 0.2) is 0 Å². The Balaban J connectivity index is 1.91. The number of fused-ring (bicyclic) bond motifs is 1. The molecule has 6 heteroatoms. The molecule has 1 aliphatic heterocycles. The van der Waals surface area contributed by atoms with Gasteiger partial charge in [0.25, 0.3) is 11.8 Å². The maximum Gasteiger partial charge on any atom is 0.261 e. The van der Waals surface area contributed by atoms with Crippen LogP contribution in [0.15, 0.2) is 30.6 Å². The highest BCUT2D eigenvalue weighted by atomic mass is 16.2. The van der Waals surface area contributed by atoms with E-state index >= 15 is 0 Å². The number of anilines is 1. The van der Waals surface area contributed by atoms with E-state index in [1.165, 1.54) is 6.07 Å². The standard InChI is InChI=1S/C14H12N4O2/c1-8-5-17-10(6-16-8)7-18-13(19)11-3-2-9(15)4-12(11)14(18)20/h2-6H,7,15H2,1H3. The summed E-state index contributed by atoms with van der Waals surface area (Å²) in [6.45, 7) is 1.93. The maximum atomic E-state index is 12.2. The minimum absolute atomic E-state index is 0.111. The molecule has 0 unspecified atom stereocenters. The Kier molecular flexibility index (Phi) is 2.71. The highest BCUT2D eigenvalue weighted by Gasteiger charge is 2.35. The van der Waals surface area contributed by atoms with Crippen molar-refractivity contribution in [2.75, 3.05) is 5.73 Å². The molecule has 0 saturated carbocycles. The number of hydrogen-bond acceptors (Lipinski definition) is 5. The van der Waals surface area contributed by atoms with Gasteiger partial charge in [-0.2, -0.15) is 0 Å². The van der Waals surface area contributed by atoms with E-state index in [0.29, 0.717) is 22.5 Å². The van der Waals surface area contributed by atoms with Crippen LogP contribution in [0.1, 0.15) is 32.1 Å². The Morgan fingerprint density at radius 2 is 1.85 bits per heavy atom. The van der Waals surface area contributed by atoms with E-state index in [-0.39, 0.29) is 18.4 Å². The maximum absolute atomic E-state index is 12.2. The molecule has 1 aromatic carbocycles. The van der Waals surface area contributed by atoms with Crippen LogP contribution < -0.4 is 5.73 Å². The summed E-state index contributed by atoms with van der Waals surface area (Å²) in [6, 6.07) is 4.71. The van der Waals surface area contributed by atoms with Crippen LogP contribution in [0.25, 0.3) is 0 Å². The molecule has 0 bridgehead atoms. The summed E-state index contributed by atoms with van der Waals surface area (Å²) in [5.41, 5.74) is 8.18. The van der Waals surface area contributed by atoms with Gasteiger partial charge in [-0.25, -0.2) is 0 Å². The molecule has 2 amide bonds. The lowest BCUT2D eigenvalue weighted by molar-refractivity contribution is 0.0640. The van der Waals surface area contributed by atoms with Crippen molar-refractivity contribution >= 4 is 17.5 Å². The molecule has 1 aliphatic rings. The summed E-state index contributed by atoms with van der Waals surface area (Å²) in [4.78, 5) is 33.9. The van der Waals surface area contributed by atoms with Crippen molar-refractivity contribution in [1.82, 2.24) is 14.9 Å². The first-order valence-corrected chi connectivity index (χ1v) is 6.09. The fraction of sp³-hybridized carbons (Fsp3) is 0.143. The van der Waals surface area contributed by atoms with Crippen molar-refractivity contribution in [3.63, 3.8) is 0 Å². The molecule has 0 saturated heterocycles. The lowest BCUT2D eigenvalue weighted by atomic mass is 10.1. The summed E-state index contributed by atoms with van der Waals surface area (Å²) in [5, 5.41) is 0. The Labute approximate surface area is 115 Å². The van der Waals surface area contributed by atoms with Gasteiger partial charge in [0.05, 0.1) is 35.3 Å². The lowest BCUT2D eigenvalue weighted by Gasteiger charge is -2.12. The number of aryl methyl sites for hydroxylation is 1. The van der Waals surface area contributed by atoms with Gasteiger partial charge in [-0.05, 0) is 25.1 Å². The van der Waals surface area contributed by atoms with Gasteiger partial charge in [0.1, 0.15) is 0 Å². The number of amides is 2. The molecular weight excluding hydrogens is 256 g/mol. The molecule has 20 heavy (non-hydrogen) atoms. The van der Waals surface area contributed by atoms with E-state index in [9.17, 15) is 9.59 Å². The van der Waals surface area contributed by atoms with E-state index in [4.69, 9.17) is 5.73 Å². The van der Waals surface area contributed by atoms with Gasteiger partial charge < -0.3 is 5.73 Å². The van der Waals surface area contributed by atoms with Crippen LogP contribution in [-0.4, -0.2) is 26.7 Å². The Hall–Kier alpha value is -2.76. The number of benzene rings is 1. The number of nitrogen functional groups attached to an aromatic ring is 1. The van der Waals surface area contributed by atoms with Crippen LogP contribution >= 0.6 is 0 Å². The number of imide groups is 1.